The summed E-state index contributed by atoms with van der Waals surface area (Å²) in [7, 11) is 0. The summed E-state index contributed by atoms with van der Waals surface area (Å²) in [5.74, 6) is -1.76. The predicted octanol–water partition coefficient (Wildman–Crippen LogP) is 3.35. The van der Waals surface area contributed by atoms with Crippen molar-refractivity contribution in [3.8, 4) is 11.8 Å². The summed E-state index contributed by atoms with van der Waals surface area (Å²) >= 11 is 4.69. The molecular formula is C14H11Cl2F2N3O2. The second-order valence-corrected chi connectivity index (χ2v) is 4.79. The van der Waals surface area contributed by atoms with Gasteiger partial charge in [-0.1, -0.05) is 12.1 Å². The molecule has 0 aliphatic heterocycles. The largest absolute Gasteiger partial charge is 0.487 e. The van der Waals surface area contributed by atoms with Crippen LogP contribution < -0.4 is 4.74 Å². The number of benzene rings is 1. The molecule has 0 N–H and O–H groups in total. The van der Waals surface area contributed by atoms with Crippen molar-refractivity contribution in [3.05, 3.63) is 48.3 Å². The molecule has 1 unspecified atom stereocenters. The number of hydrogen-bond donors (Lipinski definition) is 0. The fraction of sp³-hybridized carbons (Fsp3) is 0.214. The Kier molecular flexibility index (Phi) is 6.49. The lowest BCUT2D eigenvalue weighted by molar-refractivity contribution is -0.120. The molecule has 0 saturated carbocycles. The number of ether oxygens (including phenoxy) is 1. The summed E-state index contributed by atoms with van der Waals surface area (Å²) in [5, 5.41) is 13.1. The molecule has 0 bridgehead atoms. The number of Topliss-reactive ketones (excluding diaryl/α,β-unsaturated/α-hetero) is 1. The van der Waals surface area contributed by atoms with Gasteiger partial charge in [0.25, 0.3) is 0 Å². The lowest BCUT2D eigenvalue weighted by Crippen LogP contribution is -2.19. The van der Waals surface area contributed by atoms with E-state index in [9.17, 15) is 18.8 Å². The topological polar surface area (TPSA) is 67.9 Å². The normalized spacial score (nSPS) is 11.9. The van der Waals surface area contributed by atoms with Crippen LogP contribution in [0.15, 0.2) is 42.7 Å². The lowest BCUT2D eigenvalue weighted by atomic mass is 9.96. The molecular weight excluding hydrogens is 351 g/mol. The second-order valence-electron chi connectivity index (χ2n) is 4.35. The van der Waals surface area contributed by atoms with Gasteiger partial charge in [0.15, 0.2) is 5.78 Å². The molecule has 1 heterocycles. The quantitative estimate of drug-likeness (QED) is 0.739. The highest BCUT2D eigenvalue weighted by Crippen LogP contribution is 2.28. The first-order valence-electron chi connectivity index (χ1n) is 6.14. The maximum absolute atomic E-state index is 12.6. The van der Waals surface area contributed by atoms with Crippen LogP contribution in [0, 0.1) is 11.3 Å². The number of hydrogen-bond acceptors (Lipinski definition) is 4. The van der Waals surface area contributed by atoms with Crippen LogP contribution in [-0.4, -0.2) is 21.1 Å². The Labute approximate surface area is 141 Å². The van der Waals surface area contributed by atoms with E-state index in [1.54, 1.807) is 12.3 Å². The highest BCUT2D eigenvalue weighted by Gasteiger charge is 2.28. The van der Waals surface area contributed by atoms with Crippen molar-refractivity contribution in [1.82, 2.24) is 9.78 Å². The van der Waals surface area contributed by atoms with E-state index < -0.39 is 17.3 Å². The van der Waals surface area contributed by atoms with Crippen LogP contribution in [0.5, 0.6) is 5.75 Å². The number of ketones is 1. The van der Waals surface area contributed by atoms with E-state index in [0.29, 0.717) is 0 Å². The number of alkyl halides is 3. The first-order chi connectivity index (χ1) is 10.4. The number of nitrogens with zero attached hydrogens (tertiary/aromatic N) is 3. The van der Waals surface area contributed by atoms with E-state index in [-0.39, 0.29) is 30.3 Å². The molecule has 1 atom stereocenters. The summed E-state index contributed by atoms with van der Waals surface area (Å²) in [6.07, 6.45) is 3.09. The van der Waals surface area contributed by atoms with Gasteiger partial charge in [-0.3, -0.25) is 9.48 Å². The Morgan fingerprint density at radius 2 is 2.22 bits per heavy atom. The third kappa shape index (κ3) is 5.51. The third-order valence-electron chi connectivity index (χ3n) is 2.75. The zero-order valence-corrected chi connectivity index (χ0v) is 13.1. The van der Waals surface area contributed by atoms with Crippen molar-refractivity contribution in [2.75, 3.05) is 0 Å². The molecule has 1 aromatic carbocycles. The molecule has 0 saturated heterocycles. The highest BCUT2D eigenvalue weighted by atomic mass is 35.5. The van der Waals surface area contributed by atoms with Crippen molar-refractivity contribution in [2.45, 2.75) is 18.0 Å². The standard InChI is InChI=1S/C14H10ClF2N3O2.ClH/c15-14(16,17)22-11-4-1-3-10(7-11)12(8-18)13(21)9-20-6-2-5-19-20;/h1-7,12H,9H2;1H. The zero-order chi connectivity index (χ0) is 16.2. The molecule has 0 amide bonds. The number of nitriles is 1. The lowest BCUT2D eigenvalue weighted by Gasteiger charge is -2.13. The summed E-state index contributed by atoms with van der Waals surface area (Å²) in [6, 6.07) is 8.82. The summed E-state index contributed by atoms with van der Waals surface area (Å²) in [6.45, 7) is -0.0953. The summed E-state index contributed by atoms with van der Waals surface area (Å²) in [5.41, 5.74) is -3.61. The molecule has 9 heteroatoms. The molecule has 0 spiro atoms. The van der Waals surface area contributed by atoms with Crippen molar-refractivity contribution in [3.63, 3.8) is 0 Å². The van der Waals surface area contributed by atoms with Crippen molar-refractivity contribution >= 4 is 29.8 Å². The summed E-state index contributed by atoms with van der Waals surface area (Å²) in [4.78, 5) is 12.1. The number of aromatic nitrogens is 2. The molecule has 1 aromatic heterocycles. The van der Waals surface area contributed by atoms with Crippen molar-refractivity contribution < 1.29 is 18.3 Å². The number of carbonyl (C=O) groups is 1. The fourth-order valence-corrected chi connectivity index (χ4v) is 1.96. The van der Waals surface area contributed by atoms with Crippen LogP contribution in [0.2, 0.25) is 0 Å². The van der Waals surface area contributed by atoms with Crippen LogP contribution in [0.3, 0.4) is 0 Å². The summed E-state index contributed by atoms with van der Waals surface area (Å²) < 4.78 is 30.9. The predicted molar refractivity (Wildman–Crippen MR) is 80.7 cm³/mol. The Balaban J connectivity index is 0.00000264. The van der Waals surface area contributed by atoms with Crippen LogP contribution >= 0.6 is 24.0 Å². The first kappa shape index (κ1) is 18.9. The molecule has 2 aromatic rings. The third-order valence-corrected chi connectivity index (χ3v) is 2.83. The monoisotopic (exact) mass is 361 g/mol. The molecule has 0 fully saturated rings. The zero-order valence-electron chi connectivity index (χ0n) is 11.5. The smallest absolute Gasteiger partial charge is 0.420 e. The van der Waals surface area contributed by atoms with Crippen LogP contribution in [0.4, 0.5) is 8.78 Å². The minimum atomic E-state index is -3.86. The minimum Gasteiger partial charge on any atom is -0.420 e. The van der Waals surface area contributed by atoms with Gasteiger partial charge in [-0.15, -0.1) is 21.2 Å². The van der Waals surface area contributed by atoms with E-state index in [4.69, 9.17) is 11.6 Å². The minimum absolute atomic E-state index is 0. The van der Waals surface area contributed by atoms with E-state index in [2.05, 4.69) is 9.84 Å². The van der Waals surface area contributed by atoms with Crippen LogP contribution in [0.1, 0.15) is 11.5 Å². The van der Waals surface area contributed by atoms with Gasteiger partial charge < -0.3 is 4.74 Å². The molecule has 0 aliphatic rings. The Morgan fingerprint density at radius 1 is 1.48 bits per heavy atom. The Hall–Kier alpha value is -2.17. The molecule has 122 valence electrons. The molecule has 0 radical (unpaired) electrons. The Morgan fingerprint density at radius 3 is 2.78 bits per heavy atom. The first-order valence-corrected chi connectivity index (χ1v) is 6.52. The highest BCUT2D eigenvalue weighted by molar-refractivity contribution is 6.20. The van der Waals surface area contributed by atoms with Crippen LogP contribution in [-0.2, 0) is 11.3 Å². The maximum atomic E-state index is 12.6. The van der Waals surface area contributed by atoms with Crippen molar-refractivity contribution in [2.24, 2.45) is 0 Å². The van der Waals surface area contributed by atoms with Gasteiger partial charge >= 0.3 is 5.57 Å². The molecule has 0 aliphatic carbocycles. The van der Waals surface area contributed by atoms with Gasteiger partial charge in [0.05, 0.1) is 6.07 Å². The fourth-order valence-electron chi connectivity index (χ4n) is 1.87. The van der Waals surface area contributed by atoms with E-state index in [1.165, 1.54) is 35.1 Å². The van der Waals surface area contributed by atoms with E-state index >= 15 is 0 Å². The maximum Gasteiger partial charge on any atom is 0.487 e. The molecule has 2 rings (SSSR count). The van der Waals surface area contributed by atoms with Gasteiger partial charge in [-0.05, 0) is 23.8 Å². The van der Waals surface area contributed by atoms with Crippen molar-refractivity contribution in [1.29, 1.82) is 5.26 Å². The van der Waals surface area contributed by atoms with E-state index in [0.717, 1.165) is 0 Å². The average Bonchev–Trinajstić information content (AvgIpc) is 2.91. The second kappa shape index (κ2) is 7.90. The van der Waals surface area contributed by atoms with Gasteiger partial charge in [0.1, 0.15) is 18.2 Å². The van der Waals surface area contributed by atoms with Gasteiger partial charge in [-0.2, -0.15) is 10.4 Å². The van der Waals surface area contributed by atoms with Gasteiger partial charge in [0.2, 0.25) is 0 Å². The van der Waals surface area contributed by atoms with Gasteiger partial charge in [-0.25, -0.2) is 0 Å². The SMILES string of the molecule is Cl.N#CC(C(=O)Cn1cccn1)c1cccc(OC(F)(F)Cl)c1. The van der Waals surface area contributed by atoms with Gasteiger partial charge in [0, 0.05) is 24.0 Å². The Bertz CT molecular complexity index is 697. The molecule has 23 heavy (non-hydrogen) atoms. The average molecular weight is 362 g/mol. The number of carbonyl (C=O) groups excluding carboxylic acids is 1. The van der Waals surface area contributed by atoms with Crippen LogP contribution in [0.25, 0.3) is 0 Å². The number of rotatable bonds is 6. The molecule has 5 nitrogen and oxygen atoms in total. The number of halogens is 4. The van der Waals surface area contributed by atoms with E-state index in [1.807, 2.05) is 6.07 Å².